The highest BCUT2D eigenvalue weighted by molar-refractivity contribution is 5.80. The molecule has 8 nitrogen and oxygen atoms in total. The van der Waals surface area contributed by atoms with E-state index in [4.69, 9.17) is 14.6 Å². The Morgan fingerprint density at radius 3 is 2.16 bits per heavy atom. The molecule has 0 spiro atoms. The number of hydrogen-bond donors (Lipinski definition) is 3. The highest BCUT2D eigenvalue weighted by Crippen LogP contribution is 2.44. The maximum absolute atomic E-state index is 12.3. The first-order valence-corrected chi connectivity index (χ1v) is 10.0. The fourth-order valence-electron chi connectivity index (χ4n) is 3.72. The molecule has 0 heterocycles. The van der Waals surface area contributed by atoms with Crippen LogP contribution >= 0.6 is 0 Å². The van der Waals surface area contributed by atoms with Gasteiger partial charge in [0.15, 0.2) is 6.10 Å². The van der Waals surface area contributed by atoms with E-state index < -0.39 is 30.1 Å². The van der Waals surface area contributed by atoms with Crippen LogP contribution < -0.4 is 10.6 Å². The fourth-order valence-corrected chi connectivity index (χ4v) is 3.72. The third kappa shape index (κ3) is 5.40. The van der Waals surface area contributed by atoms with E-state index in [2.05, 4.69) is 22.8 Å². The van der Waals surface area contributed by atoms with E-state index in [1.165, 1.54) is 7.11 Å². The van der Waals surface area contributed by atoms with E-state index in [1.807, 2.05) is 36.4 Å². The molecule has 2 aromatic rings. The van der Waals surface area contributed by atoms with Crippen LogP contribution in [0.25, 0.3) is 11.1 Å². The number of alkyl carbamates (subject to hydrolysis) is 1. The zero-order valence-electron chi connectivity index (χ0n) is 17.5. The van der Waals surface area contributed by atoms with E-state index in [9.17, 15) is 14.4 Å². The summed E-state index contributed by atoms with van der Waals surface area (Å²) in [6.45, 7) is 1.71. The number of nitrogens with one attached hydrogen (secondary N) is 2. The lowest BCUT2D eigenvalue weighted by atomic mass is 9.98. The molecule has 31 heavy (non-hydrogen) atoms. The summed E-state index contributed by atoms with van der Waals surface area (Å²) in [5, 5.41) is 14.0. The van der Waals surface area contributed by atoms with E-state index in [0.717, 1.165) is 22.3 Å². The summed E-state index contributed by atoms with van der Waals surface area (Å²) in [6, 6.07) is 15.6. The van der Waals surface area contributed by atoms with Gasteiger partial charge in [0.1, 0.15) is 6.61 Å². The monoisotopic (exact) mass is 426 g/mol. The molecule has 3 N–H and O–H groups in total. The Labute approximate surface area is 180 Å². The zero-order chi connectivity index (χ0) is 22.4. The first-order valence-electron chi connectivity index (χ1n) is 10.0. The lowest BCUT2D eigenvalue weighted by Crippen LogP contribution is -2.41. The minimum Gasteiger partial charge on any atom is -0.479 e. The Bertz CT molecular complexity index is 915. The van der Waals surface area contributed by atoms with Crippen molar-refractivity contribution >= 4 is 18.0 Å². The Kier molecular flexibility index (Phi) is 7.25. The summed E-state index contributed by atoms with van der Waals surface area (Å²) in [5.41, 5.74) is 4.53. The number of hydrogen-bond acceptors (Lipinski definition) is 5. The van der Waals surface area contributed by atoms with Crippen LogP contribution in [0.2, 0.25) is 0 Å². The second kappa shape index (κ2) is 10.1. The Morgan fingerprint density at radius 2 is 1.61 bits per heavy atom. The summed E-state index contributed by atoms with van der Waals surface area (Å²) in [7, 11) is 1.26. The van der Waals surface area contributed by atoms with Crippen LogP contribution in [-0.4, -0.2) is 55.5 Å². The minimum atomic E-state index is -1.16. The number of amides is 2. The molecule has 0 saturated carbocycles. The fraction of sp³-hybridized carbons (Fsp3) is 0.348. The topological polar surface area (TPSA) is 114 Å². The predicted octanol–water partition coefficient (Wildman–Crippen LogP) is 2.52. The lowest BCUT2D eigenvalue weighted by molar-refractivity contribution is -0.148. The van der Waals surface area contributed by atoms with Crippen molar-refractivity contribution in [2.24, 2.45) is 0 Å². The highest BCUT2D eigenvalue weighted by Gasteiger charge is 2.29. The average molecular weight is 426 g/mol. The number of carboxylic acid groups (broad SMARTS) is 1. The first-order chi connectivity index (χ1) is 14.9. The van der Waals surface area contributed by atoms with E-state index in [0.29, 0.717) is 0 Å². The normalized spacial score (nSPS) is 14.1. The third-order valence-electron chi connectivity index (χ3n) is 5.24. The minimum absolute atomic E-state index is 0.0136. The summed E-state index contributed by atoms with van der Waals surface area (Å²) < 4.78 is 10.2. The quantitative estimate of drug-likeness (QED) is 0.568. The molecule has 164 valence electrons. The van der Waals surface area contributed by atoms with Gasteiger partial charge in [-0.3, -0.25) is 4.79 Å². The molecule has 2 aromatic carbocycles. The van der Waals surface area contributed by atoms with Crippen LogP contribution in [0, 0.1) is 0 Å². The molecule has 0 saturated heterocycles. The largest absolute Gasteiger partial charge is 0.479 e. The van der Waals surface area contributed by atoms with Crippen molar-refractivity contribution in [3.63, 3.8) is 0 Å². The van der Waals surface area contributed by atoms with Gasteiger partial charge in [-0.05, 0) is 29.2 Å². The molecular formula is C23H26N2O6. The van der Waals surface area contributed by atoms with Gasteiger partial charge < -0.3 is 25.2 Å². The van der Waals surface area contributed by atoms with Crippen molar-refractivity contribution in [3.05, 3.63) is 59.7 Å². The molecule has 0 radical (unpaired) electrons. The predicted molar refractivity (Wildman–Crippen MR) is 114 cm³/mol. The van der Waals surface area contributed by atoms with Gasteiger partial charge >= 0.3 is 12.1 Å². The molecule has 2 amide bonds. The van der Waals surface area contributed by atoms with Crippen molar-refractivity contribution in [2.75, 3.05) is 20.3 Å². The van der Waals surface area contributed by atoms with Gasteiger partial charge in [-0.25, -0.2) is 9.59 Å². The smallest absolute Gasteiger partial charge is 0.407 e. The maximum atomic E-state index is 12.3. The van der Waals surface area contributed by atoms with Gasteiger partial charge in [0.25, 0.3) is 0 Å². The van der Waals surface area contributed by atoms with Crippen molar-refractivity contribution < 1.29 is 29.0 Å². The SMILES string of the molecule is COC(CNC(=O)C[C@H](C)NC(=O)OCC1c2ccccc2-c2ccccc21)C(=O)O. The standard InChI is InChI=1S/C23H26N2O6/c1-14(11-21(26)24-12-20(30-2)22(27)28)25-23(29)31-13-19-17-9-5-3-7-15(17)16-8-4-6-10-18(16)19/h3-10,14,19-20H,11-13H2,1-2H3,(H,24,26)(H,25,29)(H,27,28)/t14-,20?/m0/s1. The van der Waals surface area contributed by atoms with Gasteiger partial charge in [0, 0.05) is 25.5 Å². The molecule has 0 aliphatic heterocycles. The highest BCUT2D eigenvalue weighted by atomic mass is 16.5. The first kappa shape index (κ1) is 22.3. The van der Waals surface area contributed by atoms with Crippen LogP contribution in [-0.2, 0) is 19.1 Å². The average Bonchev–Trinajstić information content (AvgIpc) is 3.06. The van der Waals surface area contributed by atoms with Crippen LogP contribution in [0.5, 0.6) is 0 Å². The van der Waals surface area contributed by atoms with E-state index in [-0.39, 0.29) is 25.5 Å². The molecule has 0 bridgehead atoms. The van der Waals surface area contributed by atoms with Crippen LogP contribution in [0.3, 0.4) is 0 Å². The summed E-state index contributed by atoms with van der Waals surface area (Å²) in [4.78, 5) is 35.1. The molecule has 8 heteroatoms. The molecule has 1 aliphatic carbocycles. The van der Waals surface area contributed by atoms with E-state index >= 15 is 0 Å². The number of ether oxygens (including phenoxy) is 2. The van der Waals surface area contributed by atoms with Gasteiger partial charge in [-0.1, -0.05) is 48.5 Å². The number of aliphatic carboxylic acids is 1. The van der Waals surface area contributed by atoms with Crippen LogP contribution in [0.4, 0.5) is 4.79 Å². The number of benzene rings is 2. The molecule has 1 aliphatic rings. The van der Waals surface area contributed by atoms with Gasteiger partial charge in [0.2, 0.25) is 5.91 Å². The van der Waals surface area contributed by atoms with Gasteiger partial charge in [-0.2, -0.15) is 0 Å². The summed E-state index contributed by atoms with van der Waals surface area (Å²) in [5.74, 6) is -1.60. The number of methoxy groups -OCH3 is 1. The number of carbonyl (C=O) groups is 3. The van der Waals surface area contributed by atoms with Crippen LogP contribution in [0.1, 0.15) is 30.4 Å². The Balaban J connectivity index is 1.49. The van der Waals surface area contributed by atoms with Crippen molar-refractivity contribution in [3.8, 4) is 11.1 Å². The van der Waals surface area contributed by atoms with Crippen molar-refractivity contribution in [1.82, 2.24) is 10.6 Å². The molecule has 0 aromatic heterocycles. The number of carboxylic acids is 1. The van der Waals surface area contributed by atoms with Crippen molar-refractivity contribution in [1.29, 1.82) is 0 Å². The van der Waals surface area contributed by atoms with E-state index in [1.54, 1.807) is 6.92 Å². The zero-order valence-corrected chi connectivity index (χ0v) is 17.5. The second-order valence-corrected chi connectivity index (χ2v) is 7.44. The van der Waals surface area contributed by atoms with Crippen LogP contribution in [0.15, 0.2) is 48.5 Å². The molecule has 3 rings (SSSR count). The number of rotatable bonds is 9. The Hall–Kier alpha value is -3.39. The van der Waals surface area contributed by atoms with Gasteiger partial charge in [0.05, 0.1) is 6.54 Å². The summed E-state index contributed by atoms with van der Waals surface area (Å²) in [6.07, 6.45) is -1.74. The third-order valence-corrected chi connectivity index (χ3v) is 5.24. The summed E-state index contributed by atoms with van der Waals surface area (Å²) >= 11 is 0. The molecule has 2 atom stereocenters. The number of fused-ring (bicyclic) bond motifs is 3. The molecular weight excluding hydrogens is 400 g/mol. The number of carbonyl (C=O) groups excluding carboxylic acids is 2. The van der Waals surface area contributed by atoms with Gasteiger partial charge in [-0.15, -0.1) is 0 Å². The van der Waals surface area contributed by atoms with Crippen molar-refractivity contribution in [2.45, 2.75) is 31.4 Å². The molecule has 1 unspecified atom stereocenters. The Morgan fingerprint density at radius 1 is 1.03 bits per heavy atom. The lowest BCUT2D eigenvalue weighted by Gasteiger charge is -2.17. The maximum Gasteiger partial charge on any atom is 0.407 e. The molecule has 0 fully saturated rings. The second-order valence-electron chi connectivity index (χ2n) is 7.44.